The van der Waals surface area contributed by atoms with E-state index in [2.05, 4.69) is 88.0 Å². The van der Waals surface area contributed by atoms with Crippen LogP contribution < -0.4 is 10.4 Å². The molecule has 0 bridgehead atoms. The van der Waals surface area contributed by atoms with Gasteiger partial charge >= 0.3 is 11.8 Å². The maximum absolute atomic E-state index is 13.6. The van der Waals surface area contributed by atoms with Crippen molar-refractivity contribution < 1.29 is 18.8 Å². The average Bonchev–Trinajstić information content (AvgIpc) is 3.34. The van der Waals surface area contributed by atoms with E-state index in [9.17, 15) is 9.59 Å². The molecule has 1 saturated heterocycles. The van der Waals surface area contributed by atoms with E-state index < -0.39 is 37.0 Å². The van der Waals surface area contributed by atoms with E-state index in [1.807, 2.05) is 39.0 Å². The summed E-state index contributed by atoms with van der Waals surface area (Å²) in [4.78, 5) is 32.5. The van der Waals surface area contributed by atoms with Crippen molar-refractivity contribution in [1.82, 2.24) is 4.90 Å². The highest BCUT2D eigenvalue weighted by Gasteiger charge is 2.59. The summed E-state index contributed by atoms with van der Waals surface area (Å²) >= 11 is 0. The molecule has 0 saturated carbocycles. The quantitative estimate of drug-likeness (QED) is 0.278. The number of nitrogens with zero attached hydrogens (tertiary/aromatic N) is 2. The lowest BCUT2D eigenvalue weighted by atomic mass is 9.66. The summed E-state index contributed by atoms with van der Waals surface area (Å²) in [6.07, 6.45) is 4.14. The lowest BCUT2D eigenvalue weighted by molar-refractivity contribution is -0.127. The van der Waals surface area contributed by atoms with Gasteiger partial charge in [0.15, 0.2) is 5.78 Å². The molecule has 1 fully saturated rings. The number of ether oxygens (including phenoxy) is 1. The minimum absolute atomic E-state index is 0.0265. The zero-order valence-corrected chi connectivity index (χ0v) is 27.4. The van der Waals surface area contributed by atoms with Crippen LogP contribution in [-0.4, -0.2) is 49.0 Å². The molecular weight excluding hydrogens is 540 g/mol. The lowest BCUT2D eigenvalue weighted by Gasteiger charge is -2.50. The van der Waals surface area contributed by atoms with E-state index in [-0.39, 0.29) is 23.3 Å². The van der Waals surface area contributed by atoms with Crippen molar-refractivity contribution >= 4 is 30.6 Å². The monoisotopic (exact) mass is 586 g/mol. The Bertz CT molecular complexity index is 1310. The molecule has 0 unspecified atom stereocenters. The van der Waals surface area contributed by atoms with Crippen LogP contribution in [0.1, 0.15) is 74.7 Å². The van der Waals surface area contributed by atoms with E-state index in [1.165, 1.54) is 10.4 Å². The smallest absolute Gasteiger partial charge is 0.416 e. The van der Waals surface area contributed by atoms with Crippen molar-refractivity contribution in [2.24, 2.45) is 11.3 Å². The Morgan fingerprint density at radius 3 is 2.02 bits per heavy atom. The molecule has 0 spiro atoms. The number of carbonyl (C=O) groups is 2. The molecule has 0 N–H and O–H groups in total. The van der Waals surface area contributed by atoms with E-state index in [0.29, 0.717) is 19.4 Å². The van der Waals surface area contributed by atoms with Crippen LogP contribution in [0.5, 0.6) is 0 Å². The standard InChI is InChI=1S/C35H46N2O4Si/c1-32(2,3)40-31(39)37-24-16-23-35(37,36-9)25-28-29(38)21-22-30(34(28,7)8)41-42(33(4,5)6,26-17-12-10-13-18-26)27-19-14-11-15-20-27/h10-15,17-22,28,30H,16,23-25H2,1-8H3/t28-,30-,35-/m1/s1. The summed E-state index contributed by atoms with van der Waals surface area (Å²) in [7, 11) is -2.91. The summed E-state index contributed by atoms with van der Waals surface area (Å²) in [6.45, 7) is 25.0. The van der Waals surface area contributed by atoms with Gasteiger partial charge in [-0.15, -0.1) is 0 Å². The molecule has 42 heavy (non-hydrogen) atoms. The van der Waals surface area contributed by atoms with Crippen molar-refractivity contribution in [3.8, 4) is 0 Å². The molecule has 2 aliphatic rings. The van der Waals surface area contributed by atoms with Gasteiger partial charge in [-0.05, 0) is 48.7 Å². The summed E-state index contributed by atoms with van der Waals surface area (Å²) in [6, 6.07) is 21.0. The molecule has 1 heterocycles. The summed E-state index contributed by atoms with van der Waals surface area (Å²) in [5.74, 6) is -0.538. The predicted octanol–water partition coefficient (Wildman–Crippen LogP) is 6.75. The maximum Gasteiger partial charge on any atom is 0.416 e. The van der Waals surface area contributed by atoms with Gasteiger partial charge in [-0.3, -0.25) is 9.64 Å². The van der Waals surface area contributed by atoms with Gasteiger partial charge in [-0.25, -0.2) is 16.3 Å². The number of benzene rings is 2. The first-order valence-electron chi connectivity index (χ1n) is 15.0. The summed E-state index contributed by atoms with van der Waals surface area (Å²) < 4.78 is 13.2. The molecule has 7 heteroatoms. The second kappa shape index (κ2) is 11.5. The van der Waals surface area contributed by atoms with Crippen LogP contribution >= 0.6 is 0 Å². The SMILES string of the molecule is [C-]#[N+][C@]1(C[C@@H]2C(=O)C=C[C@@H](O[Si](c3ccccc3)(c3ccccc3)C(C)(C)C)C2(C)C)CCCN1C(=O)OC(C)(C)C. The maximum atomic E-state index is 13.6. The molecule has 0 aromatic heterocycles. The van der Waals surface area contributed by atoms with Crippen LogP contribution in [0.15, 0.2) is 72.8 Å². The highest BCUT2D eigenvalue weighted by molar-refractivity contribution is 6.99. The van der Waals surface area contributed by atoms with Crippen LogP contribution in [0, 0.1) is 17.9 Å². The Morgan fingerprint density at radius 2 is 1.55 bits per heavy atom. The molecule has 2 aromatic rings. The first-order valence-corrected chi connectivity index (χ1v) is 16.9. The average molecular weight is 587 g/mol. The van der Waals surface area contributed by atoms with Crippen LogP contribution in [-0.2, 0) is 14.0 Å². The van der Waals surface area contributed by atoms with Gasteiger partial charge in [0.2, 0.25) is 0 Å². The number of likely N-dealkylation sites (tertiary alicyclic amines) is 1. The third-order valence-electron chi connectivity index (χ3n) is 8.95. The molecule has 0 radical (unpaired) electrons. The highest BCUT2D eigenvalue weighted by atomic mass is 28.4. The first-order chi connectivity index (χ1) is 19.6. The molecule has 1 aliphatic carbocycles. The number of hydrogen-bond acceptors (Lipinski definition) is 4. The normalized spacial score (nSPS) is 24.4. The van der Waals surface area contributed by atoms with Crippen LogP contribution in [0.4, 0.5) is 4.79 Å². The number of allylic oxidation sites excluding steroid dienone is 1. The number of amides is 1. The van der Waals surface area contributed by atoms with Gasteiger partial charge in [-0.2, -0.15) is 0 Å². The second-order valence-electron chi connectivity index (χ2n) is 14.4. The number of carbonyl (C=O) groups excluding carboxylic acids is 2. The fourth-order valence-corrected chi connectivity index (χ4v) is 11.5. The third kappa shape index (κ3) is 5.84. The zero-order valence-electron chi connectivity index (χ0n) is 26.4. The van der Waals surface area contributed by atoms with E-state index >= 15 is 0 Å². The molecular formula is C35H46N2O4Si. The Balaban J connectivity index is 1.76. The first kappa shape index (κ1) is 31.7. The van der Waals surface area contributed by atoms with Crippen molar-refractivity contribution in [3.05, 3.63) is 84.2 Å². The Hall–Kier alpha value is -3.21. The van der Waals surface area contributed by atoms with Crippen LogP contribution in [0.2, 0.25) is 5.04 Å². The molecule has 224 valence electrons. The molecule has 2 aromatic carbocycles. The predicted molar refractivity (Wildman–Crippen MR) is 170 cm³/mol. The van der Waals surface area contributed by atoms with Gasteiger partial charge < -0.3 is 9.16 Å². The topological polar surface area (TPSA) is 60.2 Å². The van der Waals surface area contributed by atoms with Gasteiger partial charge in [0.25, 0.3) is 8.32 Å². The van der Waals surface area contributed by atoms with Crippen LogP contribution in [0.3, 0.4) is 0 Å². The number of ketones is 1. The third-order valence-corrected chi connectivity index (χ3v) is 14.0. The largest absolute Gasteiger partial charge is 0.444 e. The lowest BCUT2D eigenvalue weighted by Crippen LogP contribution is -2.69. The van der Waals surface area contributed by atoms with Crippen molar-refractivity contribution in [2.45, 2.75) is 97.1 Å². The fraction of sp³-hybridized carbons (Fsp3) is 0.514. The fourth-order valence-electron chi connectivity index (χ4n) is 6.69. The van der Waals surface area contributed by atoms with Crippen LogP contribution in [0.25, 0.3) is 4.85 Å². The molecule has 3 atom stereocenters. The van der Waals surface area contributed by atoms with Gasteiger partial charge in [0.05, 0.1) is 12.5 Å². The van der Waals surface area contributed by atoms with E-state index in [1.54, 1.807) is 11.0 Å². The van der Waals surface area contributed by atoms with Gasteiger partial charge in [0, 0.05) is 24.3 Å². The molecule has 1 amide bonds. The molecule has 4 rings (SSSR count). The Kier molecular flexibility index (Phi) is 8.66. The summed E-state index contributed by atoms with van der Waals surface area (Å²) in [5.41, 5.74) is -2.45. The van der Waals surface area contributed by atoms with E-state index in [4.69, 9.17) is 15.7 Å². The van der Waals surface area contributed by atoms with Crippen molar-refractivity contribution in [2.75, 3.05) is 6.54 Å². The molecule has 1 aliphatic heterocycles. The molecule has 6 nitrogen and oxygen atoms in total. The minimum Gasteiger partial charge on any atom is -0.444 e. The number of rotatable bonds is 6. The second-order valence-corrected chi connectivity index (χ2v) is 18.6. The van der Waals surface area contributed by atoms with Crippen molar-refractivity contribution in [3.63, 3.8) is 0 Å². The number of hydrogen-bond donors (Lipinski definition) is 0. The van der Waals surface area contributed by atoms with E-state index in [0.717, 1.165) is 0 Å². The van der Waals surface area contributed by atoms with Gasteiger partial charge in [0.1, 0.15) is 5.60 Å². The highest BCUT2D eigenvalue weighted by Crippen LogP contribution is 2.48. The van der Waals surface area contributed by atoms with Crippen molar-refractivity contribution in [1.29, 1.82) is 0 Å². The van der Waals surface area contributed by atoms with Gasteiger partial charge in [-0.1, -0.05) is 101 Å². The minimum atomic E-state index is -2.91. The Labute approximate surface area is 253 Å². The summed E-state index contributed by atoms with van der Waals surface area (Å²) in [5, 5.41) is 2.12. The zero-order chi connectivity index (χ0) is 31.0. The Morgan fingerprint density at radius 1 is 1.00 bits per heavy atom.